The fraction of sp³-hybridized carbons (Fsp3) is 0.368. The fourth-order valence-corrected chi connectivity index (χ4v) is 4.27. The van der Waals surface area contributed by atoms with Crippen LogP contribution in [0.25, 0.3) is 11.5 Å². The molecule has 3 aromatic rings. The lowest BCUT2D eigenvalue weighted by atomic mass is 9.91. The molecule has 144 valence electrons. The minimum Gasteiger partial charge on any atom is -0.357 e. The van der Waals surface area contributed by atoms with Gasteiger partial charge in [-0.2, -0.15) is 9.37 Å². The zero-order chi connectivity index (χ0) is 19.3. The molecule has 28 heavy (non-hydrogen) atoms. The SMILES string of the molecule is O=C1c2ccc(F)nc2CC[C@H]2CC[C@@H](c3nc(-c4cc(Cl)c[nH]4)no3)CN12. The van der Waals surface area contributed by atoms with Gasteiger partial charge in [0, 0.05) is 18.8 Å². The fourth-order valence-electron chi connectivity index (χ4n) is 4.10. The number of nitrogens with zero attached hydrogens (tertiary/aromatic N) is 4. The Morgan fingerprint density at radius 3 is 2.96 bits per heavy atom. The van der Waals surface area contributed by atoms with Crippen LogP contribution in [0.1, 0.15) is 47.1 Å². The zero-order valence-corrected chi connectivity index (χ0v) is 15.6. The second kappa shape index (κ2) is 6.70. The number of hydrogen-bond donors (Lipinski definition) is 1. The van der Waals surface area contributed by atoms with Gasteiger partial charge in [0.1, 0.15) is 0 Å². The smallest absolute Gasteiger partial charge is 0.255 e. The first-order valence-electron chi connectivity index (χ1n) is 9.23. The molecule has 3 aromatic heterocycles. The number of pyridine rings is 1. The van der Waals surface area contributed by atoms with E-state index in [1.165, 1.54) is 12.1 Å². The van der Waals surface area contributed by atoms with Crippen molar-refractivity contribution in [1.82, 2.24) is 25.0 Å². The molecule has 1 saturated heterocycles. The number of piperidine rings is 1. The highest BCUT2D eigenvalue weighted by Crippen LogP contribution is 2.35. The van der Waals surface area contributed by atoms with Gasteiger partial charge in [-0.15, -0.1) is 0 Å². The molecular formula is C19H17ClFN5O2. The van der Waals surface area contributed by atoms with Crippen LogP contribution in [0.2, 0.25) is 5.02 Å². The number of halogens is 2. The van der Waals surface area contributed by atoms with Crippen molar-refractivity contribution in [3.05, 3.63) is 52.5 Å². The predicted molar refractivity (Wildman–Crippen MR) is 98.4 cm³/mol. The largest absolute Gasteiger partial charge is 0.357 e. The van der Waals surface area contributed by atoms with Gasteiger partial charge in [0.15, 0.2) is 0 Å². The summed E-state index contributed by atoms with van der Waals surface area (Å²) >= 11 is 5.93. The van der Waals surface area contributed by atoms with E-state index in [2.05, 4.69) is 20.1 Å². The molecule has 1 amide bonds. The maximum atomic E-state index is 13.5. The number of amides is 1. The highest BCUT2D eigenvalue weighted by Gasteiger charge is 2.37. The number of fused-ring (bicyclic) bond motifs is 2. The van der Waals surface area contributed by atoms with E-state index in [0.29, 0.717) is 46.7 Å². The molecule has 0 aromatic carbocycles. The first-order valence-corrected chi connectivity index (χ1v) is 9.60. The van der Waals surface area contributed by atoms with Gasteiger partial charge in [-0.25, -0.2) is 4.98 Å². The average Bonchev–Trinajstić information content (AvgIpc) is 3.32. The summed E-state index contributed by atoms with van der Waals surface area (Å²) in [7, 11) is 0. The quantitative estimate of drug-likeness (QED) is 0.663. The van der Waals surface area contributed by atoms with Gasteiger partial charge < -0.3 is 14.4 Å². The summed E-state index contributed by atoms with van der Waals surface area (Å²) in [6.07, 6.45) is 4.71. The molecule has 0 aliphatic carbocycles. The minimum absolute atomic E-state index is 0.0400. The van der Waals surface area contributed by atoms with Crippen LogP contribution in [0.4, 0.5) is 4.39 Å². The molecule has 0 spiro atoms. The van der Waals surface area contributed by atoms with Gasteiger partial charge in [-0.3, -0.25) is 4.79 Å². The van der Waals surface area contributed by atoms with Crippen LogP contribution in [0.15, 0.2) is 28.9 Å². The van der Waals surface area contributed by atoms with Crippen molar-refractivity contribution < 1.29 is 13.7 Å². The molecule has 2 aliphatic rings. The Morgan fingerprint density at radius 2 is 2.14 bits per heavy atom. The molecule has 0 saturated carbocycles. The molecule has 0 unspecified atom stereocenters. The molecule has 0 bridgehead atoms. The van der Waals surface area contributed by atoms with Crippen LogP contribution in [0.5, 0.6) is 0 Å². The second-order valence-electron chi connectivity index (χ2n) is 7.24. The van der Waals surface area contributed by atoms with E-state index >= 15 is 0 Å². The van der Waals surface area contributed by atoms with Crippen LogP contribution >= 0.6 is 11.6 Å². The van der Waals surface area contributed by atoms with Crippen molar-refractivity contribution in [2.24, 2.45) is 0 Å². The number of aryl methyl sites for hydroxylation is 1. The number of hydrogen-bond acceptors (Lipinski definition) is 5. The Balaban J connectivity index is 1.40. The molecule has 1 fully saturated rings. The number of rotatable bonds is 2. The van der Waals surface area contributed by atoms with Crippen LogP contribution in [0.3, 0.4) is 0 Å². The maximum Gasteiger partial charge on any atom is 0.255 e. The number of carbonyl (C=O) groups is 1. The van der Waals surface area contributed by atoms with Crippen LogP contribution in [-0.2, 0) is 6.42 Å². The van der Waals surface area contributed by atoms with E-state index in [0.717, 1.165) is 19.3 Å². The van der Waals surface area contributed by atoms with Gasteiger partial charge in [0.25, 0.3) is 5.91 Å². The monoisotopic (exact) mass is 401 g/mol. The Morgan fingerprint density at radius 1 is 1.25 bits per heavy atom. The van der Waals surface area contributed by atoms with Crippen molar-refractivity contribution in [1.29, 1.82) is 0 Å². The summed E-state index contributed by atoms with van der Waals surface area (Å²) < 4.78 is 19.0. The number of H-pyrrole nitrogens is 1. The molecule has 1 N–H and O–H groups in total. The summed E-state index contributed by atoms with van der Waals surface area (Å²) in [5, 5.41) is 4.60. The summed E-state index contributed by atoms with van der Waals surface area (Å²) in [6.45, 7) is 0.493. The maximum absolute atomic E-state index is 13.5. The number of nitrogens with one attached hydrogen (secondary N) is 1. The summed E-state index contributed by atoms with van der Waals surface area (Å²) in [5.74, 6) is 0.254. The predicted octanol–water partition coefficient (Wildman–Crippen LogP) is 3.59. The third-order valence-electron chi connectivity index (χ3n) is 5.53. The van der Waals surface area contributed by atoms with Gasteiger partial charge in [0.2, 0.25) is 17.7 Å². The van der Waals surface area contributed by atoms with Gasteiger partial charge >= 0.3 is 0 Å². The number of aromatic amines is 1. The van der Waals surface area contributed by atoms with Crippen molar-refractivity contribution in [3.63, 3.8) is 0 Å². The Bertz CT molecular complexity index is 1050. The molecule has 0 radical (unpaired) electrons. The highest BCUT2D eigenvalue weighted by molar-refractivity contribution is 6.30. The minimum atomic E-state index is -0.549. The van der Waals surface area contributed by atoms with E-state index in [9.17, 15) is 9.18 Å². The van der Waals surface area contributed by atoms with Crippen molar-refractivity contribution >= 4 is 17.5 Å². The van der Waals surface area contributed by atoms with Crippen LogP contribution < -0.4 is 0 Å². The third kappa shape index (κ3) is 2.97. The molecule has 5 rings (SSSR count). The van der Waals surface area contributed by atoms with Gasteiger partial charge in [-0.1, -0.05) is 16.8 Å². The summed E-state index contributed by atoms with van der Waals surface area (Å²) in [6, 6.07) is 4.62. The molecule has 5 heterocycles. The van der Waals surface area contributed by atoms with E-state index in [4.69, 9.17) is 16.1 Å². The Hall–Kier alpha value is -2.74. The van der Waals surface area contributed by atoms with Gasteiger partial charge in [0.05, 0.1) is 27.9 Å². The first-order chi connectivity index (χ1) is 13.6. The van der Waals surface area contributed by atoms with E-state index in [1.807, 2.05) is 4.90 Å². The molecule has 2 atom stereocenters. The average molecular weight is 402 g/mol. The lowest BCUT2D eigenvalue weighted by Gasteiger charge is -2.37. The van der Waals surface area contributed by atoms with Crippen molar-refractivity contribution in [2.45, 2.75) is 37.6 Å². The molecule has 9 heteroatoms. The zero-order valence-electron chi connectivity index (χ0n) is 14.9. The van der Waals surface area contributed by atoms with Crippen molar-refractivity contribution in [2.75, 3.05) is 6.54 Å². The Labute approximate surface area is 164 Å². The topological polar surface area (TPSA) is 87.9 Å². The van der Waals surface area contributed by atoms with Gasteiger partial charge in [-0.05, 0) is 43.9 Å². The van der Waals surface area contributed by atoms with E-state index in [1.54, 1.807) is 12.3 Å². The molecule has 2 aliphatic heterocycles. The highest BCUT2D eigenvalue weighted by atomic mass is 35.5. The summed E-state index contributed by atoms with van der Waals surface area (Å²) in [4.78, 5) is 26.3. The van der Waals surface area contributed by atoms with E-state index < -0.39 is 5.95 Å². The first kappa shape index (κ1) is 17.4. The van der Waals surface area contributed by atoms with E-state index in [-0.39, 0.29) is 17.9 Å². The van der Waals surface area contributed by atoms with Crippen LogP contribution in [0, 0.1) is 5.95 Å². The third-order valence-corrected chi connectivity index (χ3v) is 5.75. The lowest BCUT2D eigenvalue weighted by Crippen LogP contribution is -2.45. The molecule has 7 nitrogen and oxygen atoms in total. The lowest BCUT2D eigenvalue weighted by molar-refractivity contribution is 0.0570. The second-order valence-corrected chi connectivity index (χ2v) is 7.68. The normalized spacial score (nSPS) is 21.9. The number of aromatic nitrogens is 4. The van der Waals surface area contributed by atoms with Crippen LogP contribution in [-0.4, -0.2) is 43.5 Å². The van der Waals surface area contributed by atoms with Crippen molar-refractivity contribution in [3.8, 4) is 11.5 Å². The number of carbonyl (C=O) groups excluding carboxylic acids is 1. The summed E-state index contributed by atoms with van der Waals surface area (Å²) in [5.41, 5.74) is 1.71. The Kier molecular flexibility index (Phi) is 4.16. The standard InChI is InChI=1S/C19H17ClFN5O2/c20-11-7-15(22-8-11)17-24-18(28-25-17)10-1-2-12-3-5-14-13(4-6-16(21)23-14)19(27)26(12)9-10/h4,6-8,10,12,22H,1-3,5,9H2/t10-,12-/m1/s1. The molecular weight excluding hydrogens is 385 g/mol.